The summed E-state index contributed by atoms with van der Waals surface area (Å²) >= 11 is 0. The SMILES string of the molecule is CCNC(=NCCOc1cccnc1)N1CCC(N(CC)CC)C1. The Labute approximate surface area is 145 Å². The number of likely N-dealkylation sites (N-methyl/N-ethyl adjacent to an activating group) is 1. The molecule has 0 aromatic carbocycles. The van der Waals surface area contributed by atoms with Gasteiger partial charge in [0.1, 0.15) is 12.4 Å². The Morgan fingerprint density at radius 1 is 1.42 bits per heavy atom. The summed E-state index contributed by atoms with van der Waals surface area (Å²) in [6, 6.07) is 4.42. The van der Waals surface area contributed by atoms with E-state index in [-0.39, 0.29) is 0 Å². The molecule has 24 heavy (non-hydrogen) atoms. The average molecular weight is 333 g/mol. The zero-order valence-electron chi connectivity index (χ0n) is 15.2. The minimum atomic E-state index is 0.563. The van der Waals surface area contributed by atoms with Crippen molar-refractivity contribution in [2.75, 3.05) is 45.9 Å². The van der Waals surface area contributed by atoms with Crippen LogP contribution in [-0.2, 0) is 0 Å². The minimum absolute atomic E-state index is 0.563. The quantitative estimate of drug-likeness (QED) is 0.447. The first kappa shape index (κ1) is 18.5. The first-order chi connectivity index (χ1) is 11.8. The summed E-state index contributed by atoms with van der Waals surface area (Å²) < 4.78 is 5.67. The maximum atomic E-state index is 5.67. The summed E-state index contributed by atoms with van der Waals surface area (Å²) in [6.45, 7) is 13.0. The zero-order chi connectivity index (χ0) is 17.2. The summed E-state index contributed by atoms with van der Waals surface area (Å²) in [5, 5.41) is 3.41. The smallest absolute Gasteiger partial charge is 0.194 e. The van der Waals surface area contributed by atoms with Crippen molar-refractivity contribution in [2.45, 2.75) is 33.2 Å². The highest BCUT2D eigenvalue weighted by atomic mass is 16.5. The molecule has 0 saturated carbocycles. The van der Waals surface area contributed by atoms with Gasteiger partial charge in [-0.1, -0.05) is 13.8 Å². The summed E-state index contributed by atoms with van der Waals surface area (Å²) in [5.74, 6) is 1.79. The van der Waals surface area contributed by atoms with Crippen molar-refractivity contribution in [2.24, 2.45) is 4.99 Å². The lowest BCUT2D eigenvalue weighted by molar-refractivity contribution is 0.223. The lowest BCUT2D eigenvalue weighted by Gasteiger charge is -2.27. The van der Waals surface area contributed by atoms with Crippen LogP contribution in [0.2, 0.25) is 0 Å². The standard InChI is InChI=1S/C18H31N5O/c1-4-20-18(21-11-13-24-17-8-7-10-19-14-17)23-12-9-16(15-23)22(5-2)6-3/h7-8,10,14,16H,4-6,9,11-13,15H2,1-3H3,(H,20,21). The summed E-state index contributed by atoms with van der Waals surface area (Å²) in [5.41, 5.74) is 0. The molecule has 1 aliphatic rings. The van der Waals surface area contributed by atoms with Crippen LogP contribution >= 0.6 is 0 Å². The number of aliphatic imine (C=N–C) groups is 1. The molecule has 1 aromatic heterocycles. The molecular weight excluding hydrogens is 302 g/mol. The van der Waals surface area contributed by atoms with Crippen molar-refractivity contribution in [1.29, 1.82) is 0 Å². The highest BCUT2D eigenvalue weighted by Gasteiger charge is 2.27. The zero-order valence-corrected chi connectivity index (χ0v) is 15.2. The number of nitrogens with one attached hydrogen (secondary N) is 1. The highest BCUT2D eigenvalue weighted by molar-refractivity contribution is 5.80. The van der Waals surface area contributed by atoms with E-state index in [4.69, 9.17) is 9.73 Å². The van der Waals surface area contributed by atoms with Crippen molar-refractivity contribution in [1.82, 2.24) is 20.1 Å². The Kier molecular flexibility index (Phi) is 7.82. The van der Waals surface area contributed by atoms with Gasteiger partial charge in [0.25, 0.3) is 0 Å². The fourth-order valence-electron chi connectivity index (χ4n) is 3.15. The van der Waals surface area contributed by atoms with Crippen LogP contribution in [0.1, 0.15) is 27.2 Å². The molecule has 1 aromatic rings. The van der Waals surface area contributed by atoms with Crippen molar-refractivity contribution in [3.05, 3.63) is 24.5 Å². The molecular formula is C18H31N5O. The number of hydrogen-bond acceptors (Lipinski definition) is 4. The van der Waals surface area contributed by atoms with Crippen LogP contribution in [-0.4, -0.2) is 72.7 Å². The lowest BCUT2D eigenvalue weighted by Crippen LogP contribution is -2.43. The van der Waals surface area contributed by atoms with E-state index < -0.39 is 0 Å². The number of nitrogens with zero attached hydrogens (tertiary/aromatic N) is 4. The minimum Gasteiger partial charge on any atom is -0.490 e. The van der Waals surface area contributed by atoms with E-state index in [0.717, 1.165) is 44.4 Å². The Morgan fingerprint density at radius 3 is 2.92 bits per heavy atom. The fraction of sp³-hybridized carbons (Fsp3) is 0.667. The molecule has 0 bridgehead atoms. The Morgan fingerprint density at radius 2 is 2.25 bits per heavy atom. The molecule has 6 heteroatoms. The summed E-state index contributed by atoms with van der Waals surface area (Å²) in [6.07, 6.45) is 4.68. The molecule has 1 aliphatic heterocycles. The topological polar surface area (TPSA) is 53.0 Å². The number of guanidine groups is 1. The van der Waals surface area contributed by atoms with E-state index in [1.807, 2.05) is 12.1 Å². The molecule has 0 amide bonds. The molecule has 0 spiro atoms. The number of rotatable bonds is 8. The molecule has 2 heterocycles. The van der Waals surface area contributed by atoms with Crippen LogP contribution in [0.15, 0.2) is 29.5 Å². The van der Waals surface area contributed by atoms with E-state index in [1.54, 1.807) is 12.4 Å². The Bertz CT molecular complexity index is 489. The maximum absolute atomic E-state index is 5.67. The van der Waals surface area contributed by atoms with Gasteiger partial charge in [-0.25, -0.2) is 4.99 Å². The first-order valence-electron chi connectivity index (χ1n) is 9.08. The molecule has 1 N–H and O–H groups in total. The highest BCUT2D eigenvalue weighted by Crippen LogP contribution is 2.15. The molecule has 0 aliphatic carbocycles. The van der Waals surface area contributed by atoms with Crippen molar-refractivity contribution >= 4 is 5.96 Å². The van der Waals surface area contributed by atoms with E-state index in [9.17, 15) is 0 Å². The number of aromatic nitrogens is 1. The molecule has 2 rings (SSSR count). The van der Waals surface area contributed by atoms with Crippen LogP contribution < -0.4 is 10.1 Å². The van der Waals surface area contributed by atoms with Gasteiger partial charge in [0.05, 0.1) is 12.7 Å². The van der Waals surface area contributed by atoms with Crippen LogP contribution in [0.25, 0.3) is 0 Å². The maximum Gasteiger partial charge on any atom is 0.194 e. The predicted molar refractivity (Wildman–Crippen MR) is 98.6 cm³/mol. The Balaban J connectivity index is 1.84. The van der Waals surface area contributed by atoms with Gasteiger partial charge in [-0.15, -0.1) is 0 Å². The molecule has 1 atom stereocenters. The van der Waals surface area contributed by atoms with Gasteiger partial charge < -0.3 is 15.0 Å². The Hall–Kier alpha value is -1.82. The number of ether oxygens (including phenoxy) is 1. The number of hydrogen-bond donors (Lipinski definition) is 1. The second kappa shape index (κ2) is 10.1. The first-order valence-corrected chi connectivity index (χ1v) is 9.08. The van der Waals surface area contributed by atoms with Crippen molar-refractivity contribution < 1.29 is 4.74 Å². The molecule has 6 nitrogen and oxygen atoms in total. The van der Waals surface area contributed by atoms with Gasteiger partial charge in [0.2, 0.25) is 0 Å². The summed E-state index contributed by atoms with van der Waals surface area (Å²) in [7, 11) is 0. The van der Waals surface area contributed by atoms with Crippen LogP contribution in [0.3, 0.4) is 0 Å². The second-order valence-corrected chi connectivity index (χ2v) is 5.88. The number of pyridine rings is 1. The fourth-order valence-corrected chi connectivity index (χ4v) is 3.15. The van der Waals surface area contributed by atoms with Gasteiger partial charge in [-0.3, -0.25) is 9.88 Å². The normalized spacial score (nSPS) is 18.2. The van der Waals surface area contributed by atoms with Gasteiger partial charge in [0.15, 0.2) is 5.96 Å². The van der Waals surface area contributed by atoms with Gasteiger partial charge >= 0.3 is 0 Å². The van der Waals surface area contributed by atoms with E-state index in [0.29, 0.717) is 19.2 Å². The molecule has 1 saturated heterocycles. The van der Waals surface area contributed by atoms with Crippen LogP contribution in [0.4, 0.5) is 0 Å². The predicted octanol–water partition coefficient (Wildman–Crippen LogP) is 1.84. The molecule has 134 valence electrons. The monoisotopic (exact) mass is 333 g/mol. The molecule has 1 fully saturated rings. The van der Waals surface area contributed by atoms with Crippen LogP contribution in [0.5, 0.6) is 5.75 Å². The largest absolute Gasteiger partial charge is 0.490 e. The lowest BCUT2D eigenvalue weighted by atomic mass is 10.2. The van der Waals surface area contributed by atoms with E-state index >= 15 is 0 Å². The van der Waals surface area contributed by atoms with Gasteiger partial charge in [-0.2, -0.15) is 0 Å². The van der Waals surface area contributed by atoms with Gasteiger partial charge in [0, 0.05) is 31.9 Å². The van der Waals surface area contributed by atoms with Crippen LogP contribution in [0, 0.1) is 0 Å². The van der Waals surface area contributed by atoms with Crippen molar-refractivity contribution in [3.63, 3.8) is 0 Å². The molecule has 0 radical (unpaired) electrons. The summed E-state index contributed by atoms with van der Waals surface area (Å²) in [4.78, 5) is 13.7. The average Bonchev–Trinajstić information content (AvgIpc) is 3.09. The van der Waals surface area contributed by atoms with Crippen molar-refractivity contribution in [3.8, 4) is 5.75 Å². The third kappa shape index (κ3) is 5.37. The van der Waals surface area contributed by atoms with Gasteiger partial charge in [-0.05, 0) is 38.6 Å². The third-order valence-corrected chi connectivity index (χ3v) is 4.38. The van der Waals surface area contributed by atoms with E-state index in [1.165, 1.54) is 6.42 Å². The second-order valence-electron chi connectivity index (χ2n) is 5.88. The molecule has 1 unspecified atom stereocenters. The van der Waals surface area contributed by atoms with E-state index in [2.05, 4.69) is 40.9 Å². The number of likely N-dealkylation sites (tertiary alicyclic amines) is 1. The third-order valence-electron chi connectivity index (χ3n) is 4.38.